The molecule has 3 aromatic rings. The molecule has 5 rings (SSSR count). The molecule has 32 heavy (non-hydrogen) atoms. The van der Waals surface area contributed by atoms with Gasteiger partial charge in [-0.1, -0.05) is 42.3 Å². The highest BCUT2D eigenvalue weighted by Crippen LogP contribution is 2.44. The Morgan fingerprint density at radius 2 is 1.97 bits per heavy atom. The lowest BCUT2D eigenvalue weighted by Gasteiger charge is -2.41. The standard InChI is InChI=1S/C25H24ClN3O3/c1-31-22-11-10-21(28-29-22)20-5-2-4-16-14-19(32-23(16)20)15-27-24(30)25(12-3-13-25)17-6-8-18(26)9-7-17/h2,4-11,19H,3,12-15H2,1H3,(H,27,30). The number of fused-ring (bicyclic) bond motifs is 1. The highest BCUT2D eigenvalue weighted by Gasteiger charge is 2.45. The minimum Gasteiger partial charge on any atom is -0.487 e. The van der Waals surface area contributed by atoms with Crippen molar-refractivity contribution in [1.82, 2.24) is 15.5 Å². The number of halogens is 1. The van der Waals surface area contributed by atoms with Crippen LogP contribution in [0.25, 0.3) is 11.3 Å². The summed E-state index contributed by atoms with van der Waals surface area (Å²) in [6, 6.07) is 17.3. The lowest BCUT2D eigenvalue weighted by molar-refractivity contribution is -0.130. The van der Waals surface area contributed by atoms with Gasteiger partial charge in [-0.2, -0.15) is 0 Å². The predicted molar refractivity (Wildman–Crippen MR) is 122 cm³/mol. The molecule has 1 amide bonds. The first-order chi connectivity index (χ1) is 15.6. The lowest BCUT2D eigenvalue weighted by Crippen LogP contribution is -2.51. The van der Waals surface area contributed by atoms with Gasteiger partial charge in [-0.15, -0.1) is 10.2 Å². The van der Waals surface area contributed by atoms with Gasteiger partial charge in [0.15, 0.2) is 0 Å². The normalized spacial score (nSPS) is 18.2. The summed E-state index contributed by atoms with van der Waals surface area (Å²) in [6.07, 6.45) is 3.37. The fraction of sp³-hybridized carbons (Fsp3) is 0.320. The van der Waals surface area contributed by atoms with Crippen molar-refractivity contribution in [1.29, 1.82) is 0 Å². The largest absolute Gasteiger partial charge is 0.487 e. The van der Waals surface area contributed by atoms with E-state index in [-0.39, 0.29) is 12.0 Å². The van der Waals surface area contributed by atoms with Crippen LogP contribution in [-0.2, 0) is 16.6 Å². The average molecular weight is 450 g/mol. The van der Waals surface area contributed by atoms with Crippen LogP contribution in [0.15, 0.2) is 54.6 Å². The monoisotopic (exact) mass is 449 g/mol. The van der Waals surface area contributed by atoms with E-state index in [1.54, 1.807) is 13.2 Å². The van der Waals surface area contributed by atoms with Crippen LogP contribution in [0.2, 0.25) is 5.02 Å². The molecular weight excluding hydrogens is 426 g/mol. The van der Waals surface area contributed by atoms with E-state index in [1.165, 1.54) is 0 Å². The molecule has 1 unspecified atom stereocenters. The first kappa shape index (κ1) is 20.8. The van der Waals surface area contributed by atoms with E-state index < -0.39 is 5.41 Å². The molecule has 1 aliphatic carbocycles. The number of ether oxygens (including phenoxy) is 2. The van der Waals surface area contributed by atoms with Gasteiger partial charge in [0.05, 0.1) is 24.8 Å². The van der Waals surface area contributed by atoms with Crippen molar-refractivity contribution in [2.24, 2.45) is 0 Å². The molecule has 1 atom stereocenters. The molecule has 2 aromatic carbocycles. The summed E-state index contributed by atoms with van der Waals surface area (Å²) in [7, 11) is 1.56. The summed E-state index contributed by atoms with van der Waals surface area (Å²) in [4.78, 5) is 13.2. The van der Waals surface area contributed by atoms with Gasteiger partial charge in [-0.05, 0) is 48.2 Å². The highest BCUT2D eigenvalue weighted by molar-refractivity contribution is 6.30. The quantitative estimate of drug-likeness (QED) is 0.605. The number of aromatic nitrogens is 2. The molecule has 1 saturated carbocycles. The van der Waals surface area contributed by atoms with Crippen molar-refractivity contribution in [3.8, 4) is 22.9 Å². The van der Waals surface area contributed by atoms with Crippen LogP contribution < -0.4 is 14.8 Å². The number of benzene rings is 2. The van der Waals surface area contributed by atoms with Gasteiger partial charge in [-0.25, -0.2) is 0 Å². The molecule has 1 aromatic heterocycles. The van der Waals surface area contributed by atoms with Crippen LogP contribution in [0.5, 0.6) is 11.6 Å². The third-order valence-corrected chi connectivity index (χ3v) is 6.73. The number of rotatable bonds is 6. The number of carbonyl (C=O) groups is 1. The minimum atomic E-state index is -0.458. The number of para-hydroxylation sites is 1. The Balaban J connectivity index is 1.28. The van der Waals surface area contributed by atoms with Crippen LogP contribution >= 0.6 is 11.6 Å². The molecular formula is C25H24ClN3O3. The predicted octanol–water partition coefficient (Wildman–Crippen LogP) is 4.35. The SMILES string of the molecule is COc1ccc(-c2cccc3c2OC(CNC(=O)C2(c4ccc(Cl)cc4)CCC2)C3)nn1. The molecule has 164 valence electrons. The second kappa shape index (κ2) is 8.43. The Kier molecular flexibility index (Phi) is 5.47. The smallest absolute Gasteiger partial charge is 0.233 e. The third kappa shape index (κ3) is 3.69. The summed E-state index contributed by atoms with van der Waals surface area (Å²) in [5.41, 5.74) is 3.29. The fourth-order valence-corrected chi connectivity index (χ4v) is 4.67. The molecule has 2 aliphatic rings. The number of amides is 1. The van der Waals surface area contributed by atoms with Crippen LogP contribution in [-0.4, -0.2) is 35.9 Å². The maximum atomic E-state index is 13.2. The highest BCUT2D eigenvalue weighted by atomic mass is 35.5. The van der Waals surface area contributed by atoms with E-state index in [1.807, 2.05) is 42.5 Å². The second-order valence-corrected chi connectivity index (χ2v) is 8.79. The summed E-state index contributed by atoms with van der Waals surface area (Å²) in [5.74, 6) is 1.34. The van der Waals surface area contributed by atoms with Gasteiger partial charge >= 0.3 is 0 Å². The van der Waals surface area contributed by atoms with E-state index in [9.17, 15) is 4.79 Å². The lowest BCUT2D eigenvalue weighted by atomic mass is 9.64. The average Bonchev–Trinajstić information content (AvgIpc) is 3.21. The van der Waals surface area contributed by atoms with Gasteiger partial charge in [0, 0.05) is 23.1 Å². The summed E-state index contributed by atoms with van der Waals surface area (Å²) in [5, 5.41) is 12.1. The van der Waals surface area contributed by atoms with Gasteiger partial charge in [-0.3, -0.25) is 4.79 Å². The molecule has 1 aliphatic heterocycles. The van der Waals surface area contributed by atoms with Crippen LogP contribution in [0, 0.1) is 0 Å². The van der Waals surface area contributed by atoms with Gasteiger partial charge in [0.2, 0.25) is 11.8 Å². The van der Waals surface area contributed by atoms with E-state index in [0.29, 0.717) is 17.4 Å². The number of hydrogen-bond donors (Lipinski definition) is 1. The Labute approximate surface area is 191 Å². The summed E-state index contributed by atoms with van der Waals surface area (Å²) < 4.78 is 11.4. The zero-order chi connectivity index (χ0) is 22.1. The van der Waals surface area contributed by atoms with Crippen molar-refractivity contribution >= 4 is 17.5 Å². The van der Waals surface area contributed by atoms with Gasteiger partial charge in [0.1, 0.15) is 11.9 Å². The fourth-order valence-electron chi connectivity index (χ4n) is 4.55. The first-order valence-electron chi connectivity index (χ1n) is 10.8. The molecule has 6 nitrogen and oxygen atoms in total. The molecule has 0 bridgehead atoms. The summed E-state index contributed by atoms with van der Waals surface area (Å²) in [6.45, 7) is 0.455. The number of carbonyl (C=O) groups excluding carboxylic acids is 1. The zero-order valence-corrected chi connectivity index (χ0v) is 18.6. The first-order valence-corrected chi connectivity index (χ1v) is 11.2. The van der Waals surface area contributed by atoms with Crippen LogP contribution in [0.1, 0.15) is 30.4 Å². The van der Waals surface area contributed by atoms with E-state index in [0.717, 1.165) is 53.8 Å². The zero-order valence-electron chi connectivity index (χ0n) is 17.8. The van der Waals surface area contributed by atoms with Crippen molar-refractivity contribution in [3.05, 3.63) is 70.7 Å². The molecule has 0 radical (unpaired) electrons. The molecule has 0 saturated heterocycles. The third-order valence-electron chi connectivity index (χ3n) is 6.48. The van der Waals surface area contributed by atoms with Crippen molar-refractivity contribution in [2.45, 2.75) is 37.2 Å². The van der Waals surface area contributed by atoms with Crippen LogP contribution in [0.3, 0.4) is 0 Å². The molecule has 0 spiro atoms. The molecule has 2 heterocycles. The maximum Gasteiger partial charge on any atom is 0.233 e. The van der Waals surface area contributed by atoms with Crippen molar-refractivity contribution in [2.75, 3.05) is 13.7 Å². The second-order valence-electron chi connectivity index (χ2n) is 8.35. The van der Waals surface area contributed by atoms with E-state index >= 15 is 0 Å². The maximum absolute atomic E-state index is 13.2. The number of methoxy groups -OCH3 is 1. The van der Waals surface area contributed by atoms with E-state index in [2.05, 4.69) is 21.6 Å². The Morgan fingerprint density at radius 1 is 1.16 bits per heavy atom. The summed E-state index contributed by atoms with van der Waals surface area (Å²) >= 11 is 6.03. The van der Waals surface area contributed by atoms with Crippen molar-refractivity contribution in [3.63, 3.8) is 0 Å². The van der Waals surface area contributed by atoms with Crippen molar-refractivity contribution < 1.29 is 14.3 Å². The number of nitrogens with zero attached hydrogens (tertiary/aromatic N) is 2. The molecule has 1 N–H and O–H groups in total. The molecule has 1 fully saturated rings. The minimum absolute atomic E-state index is 0.0619. The topological polar surface area (TPSA) is 73.3 Å². The number of nitrogens with one attached hydrogen (secondary N) is 1. The van der Waals surface area contributed by atoms with Gasteiger partial charge < -0.3 is 14.8 Å². The Hall–Kier alpha value is -3.12. The number of hydrogen-bond acceptors (Lipinski definition) is 5. The molecule has 7 heteroatoms. The van der Waals surface area contributed by atoms with Gasteiger partial charge in [0.25, 0.3) is 0 Å². The van der Waals surface area contributed by atoms with E-state index in [4.69, 9.17) is 21.1 Å². The Bertz CT molecular complexity index is 1130. The Morgan fingerprint density at radius 3 is 2.62 bits per heavy atom. The van der Waals surface area contributed by atoms with Crippen LogP contribution in [0.4, 0.5) is 0 Å².